The van der Waals surface area contributed by atoms with Gasteiger partial charge in [-0.3, -0.25) is 29.0 Å². The predicted octanol–water partition coefficient (Wildman–Crippen LogP) is 5.65. The van der Waals surface area contributed by atoms with Gasteiger partial charge in [0.1, 0.15) is 17.5 Å². The molecule has 1 aliphatic heterocycles. The van der Waals surface area contributed by atoms with Crippen LogP contribution in [-0.4, -0.2) is 47.8 Å². The number of hydrogen-bond acceptors (Lipinski definition) is 5. The fourth-order valence-electron chi connectivity index (χ4n) is 5.74. The SMILES string of the molecule is COc1ccc(NC(=O)C(C(C)C)N2C(=O)C(NC(=O)c3cc4ccccc4[nH]3)C(=O)N(c3ccccc3)c3ccccc32)cc1. The van der Waals surface area contributed by atoms with E-state index in [4.69, 9.17) is 4.74 Å². The molecule has 232 valence electrons. The summed E-state index contributed by atoms with van der Waals surface area (Å²) in [6.07, 6.45) is 0. The van der Waals surface area contributed by atoms with Gasteiger partial charge in [-0.1, -0.05) is 62.4 Å². The van der Waals surface area contributed by atoms with Gasteiger partial charge in [0, 0.05) is 22.3 Å². The van der Waals surface area contributed by atoms with Crippen molar-refractivity contribution in [1.29, 1.82) is 0 Å². The number of nitrogens with one attached hydrogen (secondary N) is 3. The Bertz CT molecular complexity index is 1890. The molecule has 0 saturated heterocycles. The summed E-state index contributed by atoms with van der Waals surface area (Å²) in [7, 11) is 1.55. The van der Waals surface area contributed by atoms with Gasteiger partial charge in [0.15, 0.2) is 6.04 Å². The molecule has 2 unspecified atom stereocenters. The van der Waals surface area contributed by atoms with Crippen molar-refractivity contribution in [3.05, 3.63) is 115 Å². The Kier molecular flexibility index (Phi) is 8.26. The number of anilines is 4. The first-order valence-electron chi connectivity index (χ1n) is 14.9. The minimum atomic E-state index is -1.65. The zero-order valence-electron chi connectivity index (χ0n) is 25.6. The normalized spacial score (nSPS) is 15.3. The van der Waals surface area contributed by atoms with Gasteiger partial charge in [0.2, 0.25) is 5.91 Å². The third kappa shape index (κ3) is 5.68. The Hall–Kier alpha value is -5.90. The third-order valence-electron chi connectivity index (χ3n) is 7.93. The first-order valence-corrected chi connectivity index (χ1v) is 14.9. The number of carbonyl (C=O) groups excluding carboxylic acids is 4. The molecule has 10 heteroatoms. The van der Waals surface area contributed by atoms with E-state index in [9.17, 15) is 19.2 Å². The number of hydrogen-bond donors (Lipinski definition) is 3. The van der Waals surface area contributed by atoms with Crippen LogP contribution in [0.3, 0.4) is 0 Å². The highest BCUT2D eigenvalue weighted by Gasteiger charge is 2.46. The third-order valence-corrected chi connectivity index (χ3v) is 7.93. The van der Waals surface area contributed by atoms with Gasteiger partial charge in [-0.05, 0) is 66.6 Å². The van der Waals surface area contributed by atoms with Crippen molar-refractivity contribution in [3.8, 4) is 5.75 Å². The Morgan fingerprint density at radius 2 is 1.46 bits per heavy atom. The van der Waals surface area contributed by atoms with E-state index in [0.717, 1.165) is 10.9 Å². The van der Waals surface area contributed by atoms with E-state index in [-0.39, 0.29) is 5.69 Å². The molecular weight excluding hydrogens is 582 g/mol. The molecule has 3 N–H and O–H groups in total. The summed E-state index contributed by atoms with van der Waals surface area (Å²) in [6.45, 7) is 3.65. The van der Waals surface area contributed by atoms with E-state index >= 15 is 0 Å². The Balaban J connectivity index is 1.45. The number of aromatic nitrogens is 1. The van der Waals surface area contributed by atoms with Crippen LogP contribution in [0.5, 0.6) is 5.75 Å². The van der Waals surface area contributed by atoms with Gasteiger partial charge in [0.05, 0.1) is 18.5 Å². The number of ether oxygens (including phenoxy) is 1. The maximum absolute atomic E-state index is 14.7. The molecular formula is C36H33N5O5. The van der Waals surface area contributed by atoms with Crippen LogP contribution in [0.15, 0.2) is 109 Å². The van der Waals surface area contributed by atoms with Crippen LogP contribution >= 0.6 is 0 Å². The van der Waals surface area contributed by atoms with Crippen molar-refractivity contribution < 1.29 is 23.9 Å². The van der Waals surface area contributed by atoms with Crippen molar-refractivity contribution >= 4 is 57.3 Å². The van der Waals surface area contributed by atoms with Crippen LogP contribution in [0.4, 0.5) is 22.7 Å². The fraction of sp³-hybridized carbons (Fsp3) is 0.167. The molecule has 2 heterocycles. The molecule has 6 rings (SSSR count). The van der Waals surface area contributed by atoms with Crippen molar-refractivity contribution in [2.45, 2.75) is 25.9 Å². The van der Waals surface area contributed by atoms with Gasteiger partial charge >= 0.3 is 0 Å². The lowest BCUT2D eigenvalue weighted by Crippen LogP contribution is -2.59. The number of para-hydroxylation sites is 4. The number of rotatable bonds is 8. The Morgan fingerprint density at radius 3 is 2.13 bits per heavy atom. The van der Waals surface area contributed by atoms with Crippen molar-refractivity contribution in [2.24, 2.45) is 5.92 Å². The molecule has 0 radical (unpaired) electrons. The van der Waals surface area contributed by atoms with E-state index in [1.165, 1.54) is 9.80 Å². The van der Waals surface area contributed by atoms with Crippen LogP contribution in [0, 0.1) is 5.92 Å². The molecule has 0 aliphatic carbocycles. The van der Waals surface area contributed by atoms with Crippen LogP contribution in [-0.2, 0) is 14.4 Å². The average Bonchev–Trinajstić information content (AvgIpc) is 3.48. The van der Waals surface area contributed by atoms with Crippen LogP contribution in [0.25, 0.3) is 10.9 Å². The highest BCUT2D eigenvalue weighted by molar-refractivity contribution is 6.25. The van der Waals surface area contributed by atoms with Gasteiger partial charge in [-0.2, -0.15) is 0 Å². The minimum absolute atomic E-state index is 0.194. The van der Waals surface area contributed by atoms with E-state index in [1.54, 1.807) is 86.0 Å². The molecule has 46 heavy (non-hydrogen) atoms. The summed E-state index contributed by atoms with van der Waals surface area (Å²) in [5.74, 6) is -2.24. The number of benzene rings is 4. The number of aromatic amines is 1. The number of H-pyrrole nitrogens is 1. The lowest BCUT2D eigenvalue weighted by molar-refractivity contribution is -0.130. The maximum atomic E-state index is 14.7. The Morgan fingerprint density at radius 1 is 0.804 bits per heavy atom. The van der Waals surface area contributed by atoms with Gasteiger partial charge < -0.3 is 20.4 Å². The van der Waals surface area contributed by atoms with Crippen LogP contribution < -0.4 is 25.2 Å². The van der Waals surface area contributed by atoms with Crippen LogP contribution in [0.1, 0.15) is 24.3 Å². The van der Waals surface area contributed by atoms with Crippen molar-refractivity contribution in [2.75, 3.05) is 22.2 Å². The zero-order chi connectivity index (χ0) is 32.4. The van der Waals surface area contributed by atoms with E-state index in [2.05, 4.69) is 15.6 Å². The highest BCUT2D eigenvalue weighted by Crippen LogP contribution is 2.40. The number of nitrogens with zero attached hydrogens (tertiary/aromatic N) is 2. The van der Waals surface area contributed by atoms with Gasteiger partial charge in [-0.25, -0.2) is 0 Å². The molecule has 0 bridgehead atoms. The maximum Gasteiger partial charge on any atom is 0.268 e. The number of methoxy groups -OCH3 is 1. The second kappa shape index (κ2) is 12.6. The smallest absolute Gasteiger partial charge is 0.268 e. The summed E-state index contributed by atoms with van der Waals surface area (Å²) >= 11 is 0. The molecule has 0 saturated carbocycles. The van der Waals surface area contributed by atoms with Gasteiger partial charge in [-0.15, -0.1) is 0 Å². The standard InChI is InChI=1S/C36H33N5O5/c1-22(2)32(34(43)37-24-17-19-26(46-3)20-18-24)41-30-16-10-9-15-29(30)40(25-12-5-4-6-13-25)35(44)31(36(41)45)39-33(42)28-21-23-11-7-8-14-27(23)38-28/h4-22,31-32,38H,1-3H3,(H,37,43)(H,39,42). The molecule has 0 fully saturated rings. The largest absolute Gasteiger partial charge is 0.497 e. The first kappa shape index (κ1) is 30.1. The van der Waals surface area contributed by atoms with Crippen molar-refractivity contribution in [1.82, 2.24) is 10.3 Å². The molecule has 10 nitrogen and oxygen atoms in total. The molecule has 4 aromatic carbocycles. The molecule has 4 amide bonds. The summed E-state index contributed by atoms with van der Waals surface area (Å²) in [5, 5.41) is 6.42. The lowest BCUT2D eigenvalue weighted by Gasteiger charge is -2.34. The summed E-state index contributed by atoms with van der Waals surface area (Å²) < 4.78 is 5.23. The lowest BCUT2D eigenvalue weighted by atomic mass is 9.99. The fourth-order valence-corrected chi connectivity index (χ4v) is 5.74. The summed E-state index contributed by atoms with van der Waals surface area (Å²) in [4.78, 5) is 62.7. The van der Waals surface area contributed by atoms with Crippen LogP contribution in [0.2, 0.25) is 0 Å². The molecule has 5 aromatic rings. The first-order chi connectivity index (χ1) is 22.3. The Labute approximate surface area is 266 Å². The van der Waals surface area contributed by atoms with Gasteiger partial charge in [0.25, 0.3) is 17.7 Å². The molecule has 2 atom stereocenters. The second-order valence-corrected chi connectivity index (χ2v) is 11.3. The number of amides is 4. The van der Waals surface area contributed by atoms with Crippen molar-refractivity contribution in [3.63, 3.8) is 0 Å². The molecule has 1 aromatic heterocycles. The van der Waals surface area contributed by atoms with E-state index < -0.39 is 41.6 Å². The average molecular weight is 616 g/mol. The summed E-state index contributed by atoms with van der Waals surface area (Å²) in [6, 6.07) is 29.0. The number of carbonyl (C=O) groups is 4. The quantitative estimate of drug-likeness (QED) is 0.195. The van der Waals surface area contributed by atoms with E-state index in [1.807, 2.05) is 44.2 Å². The zero-order valence-corrected chi connectivity index (χ0v) is 25.6. The number of fused-ring (bicyclic) bond motifs is 2. The summed E-state index contributed by atoms with van der Waals surface area (Å²) in [5.41, 5.74) is 2.70. The second-order valence-electron chi connectivity index (χ2n) is 11.3. The molecule has 0 spiro atoms. The molecule has 1 aliphatic rings. The highest BCUT2D eigenvalue weighted by atomic mass is 16.5. The van der Waals surface area contributed by atoms with E-state index in [0.29, 0.717) is 28.5 Å². The topological polar surface area (TPSA) is 124 Å². The monoisotopic (exact) mass is 615 g/mol. The predicted molar refractivity (Wildman–Crippen MR) is 177 cm³/mol. The minimum Gasteiger partial charge on any atom is -0.497 e.